The molecule has 3 aromatic carbocycles. The highest BCUT2D eigenvalue weighted by molar-refractivity contribution is 6.00. The number of rotatable bonds is 34. The van der Waals surface area contributed by atoms with Gasteiger partial charge in [0.25, 0.3) is 0 Å². The summed E-state index contributed by atoms with van der Waals surface area (Å²) < 4.78 is 0. The molecule has 0 saturated carbocycles. The van der Waals surface area contributed by atoms with E-state index < -0.39 is 182 Å². The summed E-state index contributed by atoms with van der Waals surface area (Å²) in [6, 6.07) is 7.37. The molecule has 0 radical (unpaired) electrons. The second-order valence-corrected chi connectivity index (χ2v) is 21.4. The first kappa shape index (κ1) is 70.9. The number of carbonyl (C=O) groups excluding carboxylic acids is 11. The van der Waals surface area contributed by atoms with Gasteiger partial charge in [-0.15, -0.1) is 0 Å². The number of carboxylic acid groups (broad SMARTS) is 2. The Morgan fingerprint density at radius 3 is 1.66 bits per heavy atom. The number of nitrogens with two attached hydrogens (primary N) is 2. The molecule has 1 aliphatic rings. The van der Waals surface area contributed by atoms with Gasteiger partial charge in [-0.1, -0.05) is 86.6 Å². The molecular weight excluding hydrogens is 1150 g/mol. The second kappa shape index (κ2) is 34.6. The Labute approximate surface area is 506 Å². The molecule has 88 heavy (non-hydrogen) atoms. The number of aliphatic hydroxyl groups is 2. The fourth-order valence-electron chi connectivity index (χ4n) is 9.16. The van der Waals surface area contributed by atoms with Crippen LogP contribution in [-0.4, -0.2) is 194 Å². The summed E-state index contributed by atoms with van der Waals surface area (Å²) >= 11 is 0. The standard InChI is InChI=1S/C58H78N12O18/c1-30(2)47(68-50(79)37(59)24-35-17-19-36(73)20-18-35)57(86)70-23-11-16-43(70)55(84)69-48(32(4)72)56(85)66-40(27-44(60)74)53(82)65-39(25-33-12-7-5-8-13-33)51(80)61-28-45(75)63-42(29-71)54(83)64-38(21-22-46(76)77)52(81)62-31(3)49(78)67-41(58(87)88)26-34-14-9-6-10-15-34/h5-10,12-15,17-20,30-32,37-43,47-48,71-73H,11,16,21-29,59H2,1-4H3,(H2,60,74)(H,61,80)(H,62,81)(H,63,75)(H,64,83)(H,65,82)(H,66,85)(H,67,78)(H,68,79)(H,69,84)(H,76,77)(H,87,88)/t31-,32+,37-,38-,39-,40-,41-,42-,43-,47-,48-/m0/s1. The van der Waals surface area contributed by atoms with E-state index in [0.29, 0.717) is 23.1 Å². The van der Waals surface area contributed by atoms with Crippen LogP contribution in [0.3, 0.4) is 0 Å². The molecule has 30 heteroatoms. The van der Waals surface area contributed by atoms with E-state index in [1.807, 2.05) is 0 Å². The lowest BCUT2D eigenvalue weighted by atomic mass is 10.00. The van der Waals surface area contributed by atoms with Crippen molar-refractivity contribution < 1.29 is 87.9 Å². The molecule has 11 atom stereocenters. The van der Waals surface area contributed by atoms with E-state index >= 15 is 0 Å². The van der Waals surface area contributed by atoms with E-state index in [4.69, 9.17) is 11.5 Å². The molecule has 1 heterocycles. The molecule has 0 spiro atoms. The SMILES string of the molecule is CC(C)[C@H](NC(=O)[C@@H](N)Cc1ccc(O)cc1)C(=O)N1CCC[C@H]1C(=O)N[C@H](C(=O)N[C@@H](CC(N)=O)C(=O)N[C@@H](Cc1ccccc1)C(=O)NCC(=O)N[C@@H](CO)C(=O)N[C@@H](CCC(=O)O)C(=O)N[C@@H](C)C(=O)N[C@@H](Cc1ccccc1)C(=O)O)[C@@H](C)O. The first-order chi connectivity index (χ1) is 41.6. The van der Waals surface area contributed by atoms with Gasteiger partial charge < -0.3 is 89.8 Å². The van der Waals surface area contributed by atoms with Gasteiger partial charge in [0.05, 0.1) is 31.7 Å². The molecule has 1 fully saturated rings. The van der Waals surface area contributed by atoms with Crippen LogP contribution in [-0.2, 0) is 81.6 Å². The van der Waals surface area contributed by atoms with E-state index in [0.717, 1.165) is 6.92 Å². The van der Waals surface area contributed by atoms with Gasteiger partial charge in [-0.3, -0.25) is 57.5 Å². The predicted octanol–water partition coefficient (Wildman–Crippen LogP) is -4.39. The summed E-state index contributed by atoms with van der Waals surface area (Å²) in [5.74, 6) is -14.3. The Balaban J connectivity index is 1.41. The van der Waals surface area contributed by atoms with Crippen molar-refractivity contribution in [3.63, 3.8) is 0 Å². The normalized spacial score (nSPS) is 16.2. The van der Waals surface area contributed by atoms with Crippen LogP contribution < -0.4 is 59.3 Å². The average Bonchev–Trinajstić information content (AvgIpc) is 2.05. The molecule has 0 aromatic heterocycles. The number of likely N-dealkylation sites (tertiary alicyclic amines) is 1. The largest absolute Gasteiger partial charge is 0.508 e. The van der Waals surface area contributed by atoms with Crippen molar-refractivity contribution in [2.75, 3.05) is 19.7 Å². The number of aliphatic hydroxyl groups excluding tert-OH is 2. The Morgan fingerprint density at radius 1 is 0.580 bits per heavy atom. The third kappa shape index (κ3) is 22.7. The van der Waals surface area contributed by atoms with Crippen LogP contribution in [0.1, 0.15) is 76.5 Å². The van der Waals surface area contributed by atoms with Gasteiger partial charge in [-0.05, 0) is 74.3 Å². The minimum Gasteiger partial charge on any atom is -0.508 e. The maximum Gasteiger partial charge on any atom is 0.326 e. The van der Waals surface area contributed by atoms with E-state index in [2.05, 4.69) is 47.9 Å². The number of benzene rings is 3. The zero-order valence-electron chi connectivity index (χ0n) is 48.9. The molecule has 0 bridgehead atoms. The highest BCUT2D eigenvalue weighted by Gasteiger charge is 2.42. The Morgan fingerprint density at radius 2 is 1.11 bits per heavy atom. The molecule has 18 N–H and O–H groups in total. The quantitative estimate of drug-likeness (QED) is 0.0268. The lowest BCUT2D eigenvalue weighted by molar-refractivity contribution is -0.143. The van der Waals surface area contributed by atoms with Crippen molar-refractivity contribution in [2.45, 2.75) is 146 Å². The molecule has 478 valence electrons. The molecule has 4 rings (SSSR count). The number of aromatic hydroxyl groups is 1. The van der Waals surface area contributed by atoms with Gasteiger partial charge in [-0.25, -0.2) is 4.79 Å². The summed E-state index contributed by atoms with van der Waals surface area (Å²) in [5, 5.41) is 70.7. The number of amides is 11. The summed E-state index contributed by atoms with van der Waals surface area (Å²) in [5.41, 5.74) is 13.3. The highest BCUT2D eigenvalue weighted by Crippen LogP contribution is 2.22. The van der Waals surface area contributed by atoms with Crippen LogP contribution in [0.15, 0.2) is 84.9 Å². The van der Waals surface area contributed by atoms with Gasteiger partial charge in [-0.2, -0.15) is 0 Å². The number of phenolic OH excluding ortho intramolecular Hbond substituents is 1. The molecule has 11 amide bonds. The zero-order valence-corrected chi connectivity index (χ0v) is 48.9. The first-order valence-corrected chi connectivity index (χ1v) is 28.2. The molecule has 0 unspecified atom stereocenters. The van der Waals surface area contributed by atoms with E-state index in [-0.39, 0.29) is 38.0 Å². The average molecular weight is 1230 g/mol. The summed E-state index contributed by atoms with van der Waals surface area (Å²) in [6.07, 6.45) is -3.65. The van der Waals surface area contributed by atoms with Crippen molar-refractivity contribution in [3.8, 4) is 5.75 Å². The second-order valence-electron chi connectivity index (χ2n) is 21.4. The van der Waals surface area contributed by atoms with Crippen LogP contribution in [0.5, 0.6) is 5.75 Å². The van der Waals surface area contributed by atoms with E-state index in [1.165, 1.54) is 24.0 Å². The zero-order chi connectivity index (χ0) is 65.4. The van der Waals surface area contributed by atoms with Gasteiger partial charge in [0.1, 0.15) is 60.1 Å². The number of aliphatic carboxylic acids is 2. The number of primary amides is 1. The summed E-state index contributed by atoms with van der Waals surface area (Å²) in [4.78, 5) is 173. The van der Waals surface area contributed by atoms with Crippen LogP contribution in [0.2, 0.25) is 0 Å². The number of hydrogen-bond donors (Lipinski definition) is 16. The van der Waals surface area contributed by atoms with Crippen molar-refractivity contribution >= 4 is 76.9 Å². The van der Waals surface area contributed by atoms with Crippen molar-refractivity contribution in [1.82, 2.24) is 52.8 Å². The monoisotopic (exact) mass is 1230 g/mol. The Hall–Kier alpha value is -9.55. The number of nitrogens with zero attached hydrogens (tertiary/aromatic N) is 1. The smallest absolute Gasteiger partial charge is 0.326 e. The Bertz CT molecular complexity index is 2950. The molecular formula is C58H78N12O18. The number of carboxylic acids is 2. The summed E-state index contributed by atoms with van der Waals surface area (Å²) in [6.45, 7) is 3.74. The van der Waals surface area contributed by atoms with Crippen molar-refractivity contribution in [2.24, 2.45) is 17.4 Å². The van der Waals surface area contributed by atoms with Crippen molar-refractivity contribution in [3.05, 3.63) is 102 Å². The lowest BCUT2D eigenvalue weighted by Gasteiger charge is -2.32. The molecule has 3 aromatic rings. The third-order valence-corrected chi connectivity index (χ3v) is 14.0. The fourth-order valence-corrected chi connectivity index (χ4v) is 9.16. The number of nitrogens with one attached hydrogen (secondary N) is 9. The minimum absolute atomic E-state index is 0.0176. The third-order valence-electron chi connectivity index (χ3n) is 14.0. The molecule has 1 aliphatic heterocycles. The molecule has 1 saturated heterocycles. The number of phenols is 1. The molecule has 0 aliphatic carbocycles. The maximum atomic E-state index is 14.1. The van der Waals surface area contributed by atoms with Crippen LogP contribution in [0, 0.1) is 5.92 Å². The van der Waals surface area contributed by atoms with Gasteiger partial charge in [0.2, 0.25) is 65.0 Å². The van der Waals surface area contributed by atoms with Crippen molar-refractivity contribution in [1.29, 1.82) is 0 Å². The lowest BCUT2D eigenvalue weighted by Crippen LogP contribution is -2.62. The van der Waals surface area contributed by atoms with E-state index in [9.17, 15) is 87.9 Å². The highest BCUT2D eigenvalue weighted by atomic mass is 16.4. The summed E-state index contributed by atoms with van der Waals surface area (Å²) in [7, 11) is 0. The Kier molecular flexibility index (Phi) is 27.9. The van der Waals surface area contributed by atoms with E-state index in [1.54, 1.807) is 86.6 Å². The van der Waals surface area contributed by atoms with Gasteiger partial charge >= 0.3 is 11.9 Å². The van der Waals surface area contributed by atoms with Crippen LogP contribution in [0.4, 0.5) is 0 Å². The fraction of sp³-hybridized carbons (Fsp3) is 0.466. The topological polar surface area (TPSA) is 487 Å². The van der Waals surface area contributed by atoms with Gasteiger partial charge in [0.15, 0.2) is 0 Å². The van der Waals surface area contributed by atoms with Crippen LogP contribution >= 0.6 is 0 Å². The maximum absolute atomic E-state index is 14.1. The minimum atomic E-state index is -1.86. The molecule has 30 nitrogen and oxygen atoms in total. The van der Waals surface area contributed by atoms with Gasteiger partial charge in [0, 0.05) is 25.8 Å². The van der Waals surface area contributed by atoms with Crippen LogP contribution in [0.25, 0.3) is 0 Å². The number of hydrogen-bond acceptors (Lipinski definition) is 17. The predicted molar refractivity (Wildman–Crippen MR) is 311 cm³/mol. The number of carbonyl (C=O) groups is 13. The first-order valence-electron chi connectivity index (χ1n) is 28.2.